The van der Waals surface area contributed by atoms with Gasteiger partial charge in [0.05, 0.1) is 6.54 Å². The van der Waals surface area contributed by atoms with Crippen molar-refractivity contribution in [1.29, 1.82) is 0 Å². The van der Waals surface area contributed by atoms with Crippen molar-refractivity contribution in [3.05, 3.63) is 0 Å². The Hall–Kier alpha value is -1.43. The van der Waals surface area contributed by atoms with E-state index >= 15 is 0 Å². The molecule has 2 fully saturated rings. The Kier molecular flexibility index (Phi) is 4.19. The molecule has 2 saturated heterocycles. The van der Waals surface area contributed by atoms with E-state index in [-0.39, 0.29) is 19.4 Å². The van der Waals surface area contributed by atoms with Crippen LogP contribution < -0.4 is 0 Å². The lowest BCUT2D eigenvalue weighted by molar-refractivity contribution is -0.199. The second-order valence-corrected chi connectivity index (χ2v) is 5.35. The van der Waals surface area contributed by atoms with E-state index < -0.39 is 17.8 Å². The largest absolute Gasteiger partial charge is 0.347 e. The molecule has 106 valence electrons. The van der Waals surface area contributed by atoms with Crippen molar-refractivity contribution in [3.63, 3.8) is 0 Å². The highest BCUT2D eigenvalue weighted by Gasteiger charge is 2.34. The quantitative estimate of drug-likeness (QED) is 0.561. The first kappa shape index (κ1) is 14.0. The summed E-state index contributed by atoms with van der Waals surface area (Å²) in [4.78, 5) is 41.5. The van der Waals surface area contributed by atoms with Gasteiger partial charge < -0.3 is 4.84 Å². The maximum absolute atomic E-state index is 11.8. The lowest BCUT2D eigenvalue weighted by Gasteiger charge is -2.38. The Labute approximate surface area is 112 Å². The molecule has 0 aromatic rings. The minimum atomic E-state index is -0.538. The highest BCUT2D eigenvalue weighted by Crippen LogP contribution is 2.22. The molecule has 2 amide bonds. The molecule has 0 aliphatic carbocycles. The van der Waals surface area contributed by atoms with Crippen LogP contribution in [0, 0.1) is 0 Å². The summed E-state index contributed by atoms with van der Waals surface area (Å²) in [5, 5.41) is 0.613. The number of imide groups is 1. The maximum Gasteiger partial charge on any atom is 0.347 e. The molecule has 6 heteroatoms. The summed E-state index contributed by atoms with van der Waals surface area (Å²) in [7, 11) is 0. The van der Waals surface area contributed by atoms with Crippen molar-refractivity contribution in [1.82, 2.24) is 9.96 Å². The van der Waals surface area contributed by atoms with Gasteiger partial charge in [0, 0.05) is 24.9 Å². The molecule has 2 aliphatic heterocycles. The number of carbonyl (C=O) groups excluding carboxylic acids is 3. The van der Waals surface area contributed by atoms with Crippen LogP contribution in [-0.4, -0.2) is 46.4 Å². The third-order valence-corrected chi connectivity index (χ3v) is 3.89. The summed E-state index contributed by atoms with van der Waals surface area (Å²) in [5.74, 6) is -1.40. The summed E-state index contributed by atoms with van der Waals surface area (Å²) < 4.78 is 0. The molecule has 0 bridgehead atoms. The van der Waals surface area contributed by atoms with Gasteiger partial charge in [-0.15, -0.1) is 5.06 Å². The molecular formula is C13H20N2O4. The lowest BCUT2D eigenvalue weighted by atomic mass is 10.0. The number of hydrogen-bond acceptors (Lipinski definition) is 5. The standard InChI is InChI=1S/C13H20N2O4/c1-9-4-3-5-10(2)14(9)8-13(18)19-15-11(16)6-7-12(15)17/h9-10H,3-8H2,1-2H3/i14+1. The van der Waals surface area contributed by atoms with Crippen LogP contribution in [0.5, 0.6) is 0 Å². The molecule has 0 radical (unpaired) electrons. The molecule has 2 heterocycles. The van der Waals surface area contributed by atoms with Crippen molar-refractivity contribution in [2.45, 2.75) is 58.0 Å². The monoisotopic (exact) mass is 269 g/mol. The van der Waals surface area contributed by atoms with E-state index in [2.05, 4.69) is 18.7 Å². The zero-order chi connectivity index (χ0) is 14.0. The van der Waals surface area contributed by atoms with E-state index in [0.29, 0.717) is 17.1 Å². The van der Waals surface area contributed by atoms with E-state index in [0.717, 1.165) is 19.3 Å². The van der Waals surface area contributed by atoms with Crippen LogP contribution in [0.4, 0.5) is 0 Å². The van der Waals surface area contributed by atoms with Gasteiger partial charge in [-0.3, -0.25) is 14.5 Å². The third-order valence-electron chi connectivity index (χ3n) is 3.89. The van der Waals surface area contributed by atoms with E-state index in [1.165, 1.54) is 0 Å². The Balaban J connectivity index is 1.90. The minimum absolute atomic E-state index is 0.124. The average molecular weight is 269 g/mol. The molecule has 0 saturated carbocycles. The number of hydrogen-bond donors (Lipinski definition) is 0. The van der Waals surface area contributed by atoms with Crippen LogP contribution in [0.15, 0.2) is 0 Å². The predicted octanol–water partition coefficient (Wildman–Crippen LogP) is 0.856. The van der Waals surface area contributed by atoms with Crippen LogP contribution in [0.3, 0.4) is 0 Å². The molecule has 2 atom stereocenters. The third kappa shape index (κ3) is 3.12. The molecule has 6 nitrogen and oxygen atoms in total. The average Bonchev–Trinajstić information content (AvgIpc) is 2.66. The molecule has 19 heavy (non-hydrogen) atoms. The fourth-order valence-electron chi connectivity index (χ4n) is 2.72. The molecule has 2 rings (SSSR count). The highest BCUT2D eigenvalue weighted by molar-refractivity contribution is 6.01. The van der Waals surface area contributed by atoms with Gasteiger partial charge in [0.25, 0.3) is 11.8 Å². The Morgan fingerprint density at radius 1 is 1.16 bits per heavy atom. The van der Waals surface area contributed by atoms with Gasteiger partial charge in [0.2, 0.25) is 0 Å². The second kappa shape index (κ2) is 5.69. The summed E-state index contributed by atoms with van der Waals surface area (Å²) in [6, 6.07) is 0.641. The van der Waals surface area contributed by atoms with Crippen LogP contribution >= 0.6 is 0 Å². The number of hydroxylamine groups is 2. The summed E-state index contributed by atoms with van der Waals surface area (Å²) in [6.07, 6.45) is 3.53. The van der Waals surface area contributed by atoms with E-state index in [4.69, 9.17) is 4.84 Å². The van der Waals surface area contributed by atoms with Crippen molar-refractivity contribution in [2.75, 3.05) is 6.54 Å². The number of carbonyl (C=O) groups is 3. The molecule has 0 N–H and O–H groups in total. The van der Waals surface area contributed by atoms with Crippen LogP contribution in [0.1, 0.15) is 46.0 Å². The number of rotatable bonds is 3. The Morgan fingerprint density at radius 2 is 1.68 bits per heavy atom. The zero-order valence-electron chi connectivity index (χ0n) is 11.4. The first-order valence-corrected chi connectivity index (χ1v) is 6.81. The molecule has 0 spiro atoms. The van der Waals surface area contributed by atoms with Gasteiger partial charge >= 0.3 is 5.97 Å². The minimum Gasteiger partial charge on any atom is -0.329 e. The van der Waals surface area contributed by atoms with Gasteiger partial charge in [-0.2, -0.15) is 0 Å². The fourth-order valence-corrected chi connectivity index (χ4v) is 2.72. The van der Waals surface area contributed by atoms with E-state index in [1.807, 2.05) is 0 Å². The molecule has 0 aromatic heterocycles. The number of piperidine rings is 1. The van der Waals surface area contributed by atoms with Gasteiger partial charge in [-0.25, -0.2) is 4.79 Å². The number of likely N-dealkylation sites (tertiary alicyclic amines) is 1. The molecular weight excluding hydrogens is 249 g/mol. The van der Waals surface area contributed by atoms with Gasteiger partial charge in [-0.1, -0.05) is 6.42 Å². The first-order chi connectivity index (χ1) is 8.99. The lowest BCUT2D eigenvalue weighted by Crippen LogP contribution is -2.47. The SMILES string of the molecule is CC1CCCC(C)[15N]1CC(=O)ON1C(=O)CCC1=O. The van der Waals surface area contributed by atoms with Gasteiger partial charge in [0.15, 0.2) is 0 Å². The second-order valence-electron chi connectivity index (χ2n) is 5.35. The smallest absolute Gasteiger partial charge is 0.329 e. The van der Waals surface area contributed by atoms with E-state index in [9.17, 15) is 14.4 Å². The fraction of sp³-hybridized carbons (Fsp3) is 0.769. The van der Waals surface area contributed by atoms with Crippen molar-refractivity contribution in [3.8, 4) is 0 Å². The van der Waals surface area contributed by atoms with Crippen molar-refractivity contribution in [2.24, 2.45) is 0 Å². The molecule has 2 aliphatic rings. The molecule has 2 unspecified atom stereocenters. The summed E-state index contributed by atoms with van der Waals surface area (Å²) >= 11 is 0. The first-order valence-electron chi connectivity index (χ1n) is 6.81. The number of amides is 2. The topological polar surface area (TPSA) is 66.9 Å². The predicted molar refractivity (Wildman–Crippen MR) is 66.7 cm³/mol. The van der Waals surface area contributed by atoms with Crippen molar-refractivity contribution >= 4 is 17.8 Å². The Morgan fingerprint density at radius 3 is 2.21 bits per heavy atom. The zero-order valence-corrected chi connectivity index (χ0v) is 11.4. The Bertz CT molecular complexity index is 370. The van der Waals surface area contributed by atoms with Crippen LogP contribution in [0.2, 0.25) is 0 Å². The highest BCUT2D eigenvalue weighted by atomic mass is 16.7. The van der Waals surface area contributed by atoms with Crippen LogP contribution in [-0.2, 0) is 19.2 Å². The van der Waals surface area contributed by atoms with Gasteiger partial charge in [-0.05, 0) is 26.7 Å². The summed E-state index contributed by atoms with van der Waals surface area (Å²) in [5.41, 5.74) is 0. The van der Waals surface area contributed by atoms with E-state index in [1.54, 1.807) is 0 Å². The van der Waals surface area contributed by atoms with Crippen LogP contribution in [0.25, 0.3) is 0 Å². The maximum atomic E-state index is 11.8. The molecule has 0 aromatic carbocycles. The summed E-state index contributed by atoms with van der Waals surface area (Å²) in [6.45, 7) is 4.28. The van der Waals surface area contributed by atoms with Gasteiger partial charge in [0.1, 0.15) is 0 Å². The number of nitrogens with zero attached hydrogens (tertiary/aromatic N) is 2. The van der Waals surface area contributed by atoms with Crippen molar-refractivity contribution < 1.29 is 19.2 Å². The normalized spacial score (nSPS) is 28.8.